The fraction of sp³-hybridized carbons (Fsp3) is 0.227. The Balaban J connectivity index is 2.13. The van der Waals surface area contributed by atoms with Gasteiger partial charge in [0, 0.05) is 29.6 Å². The van der Waals surface area contributed by atoms with Crippen LogP contribution >= 0.6 is 0 Å². The molecule has 4 heteroatoms. The molecule has 0 radical (unpaired) electrons. The number of rotatable bonds is 5. The molecule has 0 saturated carbocycles. The molecule has 0 aliphatic heterocycles. The van der Waals surface area contributed by atoms with Crippen molar-refractivity contribution in [2.45, 2.75) is 26.7 Å². The lowest BCUT2D eigenvalue weighted by Crippen LogP contribution is -2.02. The highest BCUT2D eigenvalue weighted by Crippen LogP contribution is 2.37. The molecule has 3 rings (SSSR count). The number of halogens is 1. The Bertz CT molecular complexity index is 943. The number of aldehydes is 1. The van der Waals surface area contributed by atoms with Gasteiger partial charge >= 0.3 is 0 Å². The second-order valence-electron chi connectivity index (χ2n) is 6.65. The number of carbonyl (C=O) groups is 1. The first-order valence-corrected chi connectivity index (χ1v) is 8.61. The summed E-state index contributed by atoms with van der Waals surface area (Å²) in [5.74, 6) is 0.461. The van der Waals surface area contributed by atoms with E-state index >= 15 is 0 Å². The summed E-state index contributed by atoms with van der Waals surface area (Å²) in [7, 11) is 1.95. The molecule has 0 atom stereocenters. The van der Waals surface area contributed by atoms with Gasteiger partial charge in [-0.3, -0.25) is 4.79 Å². The molecule has 0 amide bonds. The van der Waals surface area contributed by atoms with E-state index in [1.165, 1.54) is 6.07 Å². The molecule has 0 N–H and O–H groups in total. The van der Waals surface area contributed by atoms with Gasteiger partial charge in [-0.15, -0.1) is 0 Å². The summed E-state index contributed by atoms with van der Waals surface area (Å²) in [4.78, 5) is 11.8. The number of aromatic nitrogens is 1. The van der Waals surface area contributed by atoms with E-state index in [1.807, 2.05) is 36.7 Å². The molecule has 0 unspecified atom stereocenters. The van der Waals surface area contributed by atoms with E-state index in [0.29, 0.717) is 11.3 Å². The maximum absolute atomic E-state index is 14.3. The highest BCUT2D eigenvalue weighted by Gasteiger charge is 2.22. The molecule has 0 saturated heterocycles. The van der Waals surface area contributed by atoms with Crippen LogP contribution in [0.5, 0.6) is 11.5 Å². The lowest BCUT2D eigenvalue weighted by Gasteiger charge is -2.10. The molecular weight excluding hydrogens is 329 g/mol. The maximum atomic E-state index is 14.3. The number of hydrogen-bond donors (Lipinski definition) is 0. The first kappa shape index (κ1) is 17.9. The minimum Gasteiger partial charge on any atom is -0.454 e. The third-order valence-electron chi connectivity index (χ3n) is 4.63. The van der Waals surface area contributed by atoms with Crippen LogP contribution in [-0.4, -0.2) is 10.9 Å². The third kappa shape index (κ3) is 3.15. The summed E-state index contributed by atoms with van der Waals surface area (Å²) in [6, 6.07) is 13.8. The first-order valence-electron chi connectivity index (χ1n) is 8.61. The SMILES string of the molecule is Cc1c(-c2ccc(F)c(Oc3ccccc3)c2)c(C=O)c(C(C)C)n1C. The van der Waals surface area contributed by atoms with E-state index < -0.39 is 5.82 Å². The van der Waals surface area contributed by atoms with Crippen molar-refractivity contribution in [3.8, 4) is 22.6 Å². The van der Waals surface area contributed by atoms with Gasteiger partial charge in [-0.1, -0.05) is 38.1 Å². The fourth-order valence-corrected chi connectivity index (χ4v) is 3.39. The fourth-order valence-electron chi connectivity index (χ4n) is 3.39. The summed E-state index contributed by atoms with van der Waals surface area (Å²) in [6.07, 6.45) is 0.888. The number of benzene rings is 2. The monoisotopic (exact) mass is 351 g/mol. The molecule has 3 nitrogen and oxygen atoms in total. The van der Waals surface area contributed by atoms with Crippen molar-refractivity contribution in [3.05, 3.63) is 71.3 Å². The third-order valence-corrected chi connectivity index (χ3v) is 4.63. The molecule has 1 aromatic heterocycles. The summed E-state index contributed by atoms with van der Waals surface area (Å²) < 4.78 is 22.0. The highest BCUT2D eigenvalue weighted by atomic mass is 19.1. The Hall–Kier alpha value is -2.88. The molecule has 1 heterocycles. The lowest BCUT2D eigenvalue weighted by molar-refractivity contribution is 0.112. The molecule has 26 heavy (non-hydrogen) atoms. The van der Waals surface area contributed by atoms with Gasteiger partial charge in [0.1, 0.15) is 5.75 Å². The Morgan fingerprint density at radius 2 is 1.81 bits per heavy atom. The quantitative estimate of drug-likeness (QED) is 0.539. The van der Waals surface area contributed by atoms with Crippen LogP contribution in [0.3, 0.4) is 0 Å². The van der Waals surface area contributed by atoms with Gasteiger partial charge in [0.2, 0.25) is 0 Å². The summed E-state index contributed by atoms with van der Waals surface area (Å²) in [5, 5.41) is 0. The number of hydrogen-bond acceptors (Lipinski definition) is 2. The molecule has 2 aromatic carbocycles. The van der Waals surface area contributed by atoms with Gasteiger partial charge in [-0.2, -0.15) is 0 Å². The molecular formula is C22H22FNO2. The zero-order valence-corrected chi connectivity index (χ0v) is 15.4. The largest absolute Gasteiger partial charge is 0.454 e. The number of carbonyl (C=O) groups excluding carboxylic acids is 1. The molecule has 0 bridgehead atoms. The van der Waals surface area contributed by atoms with Crippen LogP contribution in [0.25, 0.3) is 11.1 Å². The number of nitrogens with zero attached hydrogens (tertiary/aromatic N) is 1. The van der Waals surface area contributed by atoms with Gasteiger partial charge in [0.25, 0.3) is 0 Å². The van der Waals surface area contributed by atoms with Crippen molar-refractivity contribution in [2.24, 2.45) is 7.05 Å². The second-order valence-corrected chi connectivity index (χ2v) is 6.65. The smallest absolute Gasteiger partial charge is 0.165 e. The Morgan fingerprint density at radius 3 is 2.42 bits per heavy atom. The van der Waals surface area contributed by atoms with E-state index in [1.54, 1.807) is 24.3 Å². The van der Waals surface area contributed by atoms with Crippen molar-refractivity contribution in [3.63, 3.8) is 0 Å². The topological polar surface area (TPSA) is 31.2 Å². The van der Waals surface area contributed by atoms with E-state index in [0.717, 1.165) is 28.8 Å². The van der Waals surface area contributed by atoms with E-state index in [4.69, 9.17) is 4.74 Å². The zero-order chi connectivity index (χ0) is 18.8. The average molecular weight is 351 g/mol. The Kier molecular flexibility index (Phi) is 4.94. The van der Waals surface area contributed by atoms with Crippen LogP contribution < -0.4 is 4.74 Å². The van der Waals surface area contributed by atoms with Crippen molar-refractivity contribution < 1.29 is 13.9 Å². The van der Waals surface area contributed by atoms with Crippen molar-refractivity contribution in [1.29, 1.82) is 0 Å². The molecule has 0 spiro atoms. The average Bonchev–Trinajstić information content (AvgIpc) is 2.89. The normalized spacial score (nSPS) is 11.0. The van der Waals surface area contributed by atoms with Gasteiger partial charge in [-0.05, 0) is 42.7 Å². The predicted octanol–water partition coefficient (Wildman–Crippen LogP) is 5.87. The standard InChI is InChI=1S/C22H22FNO2/c1-14(2)22-18(13-25)21(15(3)24(22)4)16-10-11-19(23)20(12-16)26-17-8-6-5-7-9-17/h5-14H,1-4H3. The van der Waals surface area contributed by atoms with Crippen LogP contribution in [0, 0.1) is 12.7 Å². The predicted molar refractivity (Wildman–Crippen MR) is 102 cm³/mol. The van der Waals surface area contributed by atoms with E-state index in [2.05, 4.69) is 13.8 Å². The number of para-hydroxylation sites is 1. The van der Waals surface area contributed by atoms with Gasteiger partial charge in [0.15, 0.2) is 17.9 Å². The van der Waals surface area contributed by atoms with Gasteiger partial charge < -0.3 is 9.30 Å². The molecule has 134 valence electrons. The summed E-state index contributed by atoms with van der Waals surface area (Å²) in [6.45, 7) is 6.08. The Labute approximate surface area is 153 Å². The molecule has 0 aliphatic carbocycles. The number of ether oxygens (including phenoxy) is 1. The minimum absolute atomic E-state index is 0.139. The van der Waals surface area contributed by atoms with E-state index in [9.17, 15) is 9.18 Å². The van der Waals surface area contributed by atoms with Crippen LogP contribution in [-0.2, 0) is 7.05 Å². The Morgan fingerprint density at radius 1 is 1.12 bits per heavy atom. The molecule has 0 fully saturated rings. The molecule has 0 aliphatic rings. The van der Waals surface area contributed by atoms with Crippen molar-refractivity contribution in [2.75, 3.05) is 0 Å². The maximum Gasteiger partial charge on any atom is 0.165 e. The van der Waals surface area contributed by atoms with Gasteiger partial charge in [-0.25, -0.2) is 4.39 Å². The van der Waals surface area contributed by atoms with Crippen molar-refractivity contribution >= 4 is 6.29 Å². The molecule has 3 aromatic rings. The van der Waals surface area contributed by atoms with Crippen LogP contribution in [0.15, 0.2) is 48.5 Å². The second kappa shape index (κ2) is 7.16. The van der Waals surface area contributed by atoms with E-state index in [-0.39, 0.29) is 11.7 Å². The van der Waals surface area contributed by atoms with Crippen LogP contribution in [0.4, 0.5) is 4.39 Å². The van der Waals surface area contributed by atoms with Gasteiger partial charge in [0.05, 0.1) is 0 Å². The van der Waals surface area contributed by atoms with Crippen molar-refractivity contribution in [1.82, 2.24) is 4.57 Å². The summed E-state index contributed by atoms with van der Waals surface area (Å²) >= 11 is 0. The van der Waals surface area contributed by atoms with Crippen LogP contribution in [0.1, 0.15) is 41.5 Å². The minimum atomic E-state index is -0.442. The zero-order valence-electron chi connectivity index (χ0n) is 15.4. The highest BCUT2D eigenvalue weighted by molar-refractivity contribution is 5.91. The van der Waals surface area contributed by atoms with Crippen LogP contribution in [0.2, 0.25) is 0 Å². The lowest BCUT2D eigenvalue weighted by atomic mass is 9.98. The first-order chi connectivity index (χ1) is 12.4. The summed E-state index contributed by atoms with van der Waals surface area (Å²) in [5.41, 5.74) is 4.18.